The molecule has 0 aromatic rings. The Morgan fingerprint density at radius 3 is 2.67 bits per heavy atom. The van der Waals surface area contributed by atoms with Crippen LogP contribution >= 0.6 is 22.6 Å². The van der Waals surface area contributed by atoms with Crippen LogP contribution in [-0.2, 0) is 0 Å². The fourth-order valence-electron chi connectivity index (χ4n) is 0.753. The molecule has 0 aromatic carbocycles. The Morgan fingerprint density at radius 2 is 2.08 bits per heavy atom. The van der Waals surface area contributed by atoms with Crippen LogP contribution in [0.4, 0.5) is 13.2 Å². The SMILES string of the molecule is FC(F)(F)C1=CCC#CC=C1I. The molecule has 0 spiro atoms. The van der Waals surface area contributed by atoms with Gasteiger partial charge in [0.2, 0.25) is 0 Å². The van der Waals surface area contributed by atoms with Gasteiger partial charge in [0, 0.05) is 16.1 Å². The second kappa shape index (κ2) is 3.52. The van der Waals surface area contributed by atoms with Crippen LogP contribution in [-0.4, -0.2) is 6.18 Å². The molecule has 4 heteroatoms. The average molecular weight is 284 g/mol. The van der Waals surface area contributed by atoms with Gasteiger partial charge in [0.05, 0.1) is 5.57 Å². The molecule has 64 valence electrons. The van der Waals surface area contributed by atoms with Crippen molar-refractivity contribution in [2.24, 2.45) is 0 Å². The molecule has 0 aliphatic heterocycles. The van der Waals surface area contributed by atoms with E-state index in [4.69, 9.17) is 0 Å². The van der Waals surface area contributed by atoms with Crippen molar-refractivity contribution < 1.29 is 13.2 Å². The summed E-state index contributed by atoms with van der Waals surface area (Å²) in [6.45, 7) is 0. The van der Waals surface area contributed by atoms with Crippen molar-refractivity contribution >= 4 is 22.6 Å². The third-order valence-electron chi connectivity index (χ3n) is 1.27. The van der Waals surface area contributed by atoms with E-state index in [1.54, 1.807) is 22.6 Å². The van der Waals surface area contributed by atoms with E-state index in [1.165, 1.54) is 6.08 Å². The lowest BCUT2D eigenvalue weighted by molar-refractivity contribution is -0.0885. The van der Waals surface area contributed by atoms with Gasteiger partial charge in [0.25, 0.3) is 0 Å². The van der Waals surface area contributed by atoms with Gasteiger partial charge in [-0.1, -0.05) is 17.9 Å². The average Bonchev–Trinajstić information content (AvgIpc) is 2.11. The summed E-state index contributed by atoms with van der Waals surface area (Å²) in [6, 6.07) is 0. The first-order chi connectivity index (χ1) is 5.52. The van der Waals surface area contributed by atoms with Crippen LogP contribution in [0.15, 0.2) is 21.3 Å². The van der Waals surface area contributed by atoms with E-state index in [-0.39, 0.29) is 10.0 Å². The zero-order valence-electron chi connectivity index (χ0n) is 5.87. The second-order valence-corrected chi connectivity index (χ2v) is 3.30. The third-order valence-corrected chi connectivity index (χ3v) is 2.16. The Balaban J connectivity index is 3.00. The van der Waals surface area contributed by atoms with E-state index in [2.05, 4.69) is 11.8 Å². The molecule has 0 saturated heterocycles. The molecule has 0 heterocycles. The predicted octanol–water partition coefficient (Wildman–Crippen LogP) is 3.20. The minimum absolute atomic E-state index is 0.158. The Morgan fingerprint density at radius 1 is 1.42 bits per heavy atom. The van der Waals surface area contributed by atoms with Crippen LogP contribution in [0.1, 0.15) is 6.42 Å². The maximum absolute atomic E-state index is 12.2. The van der Waals surface area contributed by atoms with E-state index in [0.29, 0.717) is 0 Å². The zero-order valence-corrected chi connectivity index (χ0v) is 8.03. The van der Waals surface area contributed by atoms with Crippen molar-refractivity contribution in [3.63, 3.8) is 0 Å². The van der Waals surface area contributed by atoms with Gasteiger partial charge in [0.15, 0.2) is 0 Å². The summed E-state index contributed by atoms with van der Waals surface area (Å²) in [5.74, 6) is 5.10. The highest BCUT2D eigenvalue weighted by Crippen LogP contribution is 2.34. The molecule has 0 N–H and O–H groups in total. The number of halogens is 4. The molecule has 12 heavy (non-hydrogen) atoms. The largest absolute Gasteiger partial charge is 0.417 e. The topological polar surface area (TPSA) is 0 Å². The normalized spacial score (nSPS) is 17.0. The van der Waals surface area contributed by atoms with Crippen molar-refractivity contribution in [2.75, 3.05) is 0 Å². The van der Waals surface area contributed by atoms with E-state index in [0.717, 1.165) is 6.08 Å². The molecular formula is C8H4F3I. The number of rotatable bonds is 0. The second-order valence-electron chi connectivity index (χ2n) is 2.13. The maximum Gasteiger partial charge on any atom is 0.417 e. The van der Waals surface area contributed by atoms with Crippen molar-refractivity contribution in [2.45, 2.75) is 12.6 Å². The van der Waals surface area contributed by atoms with Crippen LogP contribution in [0, 0.1) is 11.8 Å². The molecule has 1 aliphatic rings. The van der Waals surface area contributed by atoms with E-state index < -0.39 is 11.7 Å². The van der Waals surface area contributed by atoms with Crippen molar-refractivity contribution in [1.82, 2.24) is 0 Å². The smallest absolute Gasteiger partial charge is 0.166 e. The van der Waals surface area contributed by atoms with Crippen molar-refractivity contribution in [1.29, 1.82) is 0 Å². The van der Waals surface area contributed by atoms with Crippen LogP contribution in [0.3, 0.4) is 0 Å². The molecule has 0 unspecified atom stereocenters. The highest BCUT2D eigenvalue weighted by molar-refractivity contribution is 14.1. The Bertz CT molecular complexity index is 298. The predicted molar refractivity (Wildman–Crippen MR) is 48.6 cm³/mol. The first-order valence-electron chi connectivity index (χ1n) is 3.13. The van der Waals surface area contributed by atoms with Gasteiger partial charge in [-0.05, 0) is 22.6 Å². The first-order valence-corrected chi connectivity index (χ1v) is 4.21. The number of hydrogen-bond donors (Lipinski definition) is 0. The lowest BCUT2D eigenvalue weighted by atomic mass is 10.2. The Hall–Kier alpha value is -0.440. The quantitative estimate of drug-likeness (QED) is 0.473. The van der Waals surface area contributed by atoms with E-state index >= 15 is 0 Å². The summed E-state index contributed by atoms with van der Waals surface area (Å²) in [7, 11) is 0. The van der Waals surface area contributed by atoms with Gasteiger partial charge < -0.3 is 0 Å². The van der Waals surface area contributed by atoms with E-state index in [1.807, 2.05) is 0 Å². The van der Waals surface area contributed by atoms with Crippen molar-refractivity contribution in [3.8, 4) is 11.8 Å². The van der Waals surface area contributed by atoms with Gasteiger partial charge in [-0.2, -0.15) is 13.2 Å². The molecule has 0 radical (unpaired) electrons. The molecular weight excluding hydrogens is 280 g/mol. The molecule has 0 amide bonds. The minimum Gasteiger partial charge on any atom is -0.166 e. The highest BCUT2D eigenvalue weighted by Gasteiger charge is 2.34. The minimum atomic E-state index is -4.26. The third kappa shape index (κ3) is 2.27. The fraction of sp³-hybridized carbons (Fsp3) is 0.250. The van der Waals surface area contributed by atoms with E-state index in [9.17, 15) is 13.2 Å². The van der Waals surface area contributed by atoms with Crippen LogP contribution < -0.4 is 0 Å². The maximum atomic E-state index is 12.2. The first kappa shape index (κ1) is 9.65. The summed E-state index contributed by atoms with van der Waals surface area (Å²) in [6.07, 6.45) is -1.70. The molecule has 0 saturated carbocycles. The van der Waals surface area contributed by atoms with Gasteiger partial charge in [-0.25, -0.2) is 0 Å². The van der Waals surface area contributed by atoms with Crippen LogP contribution in [0.5, 0.6) is 0 Å². The number of alkyl halides is 3. The lowest BCUT2D eigenvalue weighted by Crippen LogP contribution is -2.11. The van der Waals surface area contributed by atoms with Crippen LogP contribution in [0.2, 0.25) is 0 Å². The van der Waals surface area contributed by atoms with Gasteiger partial charge >= 0.3 is 6.18 Å². The zero-order chi connectivity index (χ0) is 9.19. The van der Waals surface area contributed by atoms with Gasteiger partial charge in [-0.3, -0.25) is 0 Å². The molecule has 1 aliphatic carbocycles. The summed E-state index contributed by atoms with van der Waals surface area (Å²) in [5, 5.41) is 0. The van der Waals surface area contributed by atoms with Crippen LogP contribution in [0.25, 0.3) is 0 Å². The van der Waals surface area contributed by atoms with Gasteiger partial charge in [-0.15, -0.1) is 0 Å². The molecule has 0 aromatic heterocycles. The number of allylic oxidation sites excluding steroid dienone is 4. The standard InChI is InChI=1S/C8H4F3I/c9-8(10,11)6-4-2-1-3-5-7(6)12/h4-5H,2H2. The molecule has 0 bridgehead atoms. The fourth-order valence-corrected chi connectivity index (χ4v) is 1.43. The van der Waals surface area contributed by atoms with Crippen molar-refractivity contribution in [3.05, 3.63) is 21.3 Å². The summed E-state index contributed by atoms with van der Waals surface area (Å²) < 4.78 is 36.8. The monoisotopic (exact) mass is 284 g/mol. The highest BCUT2D eigenvalue weighted by atomic mass is 127. The summed E-state index contributed by atoms with van der Waals surface area (Å²) in [4.78, 5) is 0. The molecule has 0 atom stereocenters. The number of hydrogen-bond acceptors (Lipinski definition) is 0. The summed E-state index contributed by atoms with van der Waals surface area (Å²) in [5.41, 5.74) is -0.597. The molecule has 0 nitrogen and oxygen atoms in total. The lowest BCUT2D eigenvalue weighted by Gasteiger charge is -2.09. The molecule has 0 fully saturated rings. The Labute approximate surface area is 81.7 Å². The summed E-state index contributed by atoms with van der Waals surface area (Å²) >= 11 is 1.64. The molecule has 1 rings (SSSR count). The van der Waals surface area contributed by atoms with Gasteiger partial charge in [0.1, 0.15) is 0 Å². The Kier molecular flexibility index (Phi) is 2.83.